The van der Waals surface area contributed by atoms with E-state index in [1.807, 2.05) is 24.3 Å². The molecule has 3 aromatic rings. The third kappa shape index (κ3) is 4.29. The maximum atomic E-state index is 12.1. The number of amides is 1. The quantitative estimate of drug-likeness (QED) is 0.501. The summed E-state index contributed by atoms with van der Waals surface area (Å²) >= 11 is 3.42. The maximum absolute atomic E-state index is 12.1. The molecule has 1 N–H and O–H groups in total. The molecule has 0 aliphatic rings. The van der Waals surface area contributed by atoms with Crippen LogP contribution < -0.4 is 5.32 Å². The number of aromatic nitrogens is 4. The fraction of sp³-hybridized carbons (Fsp3) is 0.133. The molecule has 2 aromatic heterocycles. The zero-order valence-electron chi connectivity index (χ0n) is 12.9. The molecular formula is C15H13BrN6O3. The Labute approximate surface area is 150 Å². The zero-order chi connectivity index (χ0) is 17.8. The van der Waals surface area contributed by atoms with Crippen LogP contribution in [-0.2, 0) is 17.9 Å². The molecule has 0 atom stereocenters. The van der Waals surface area contributed by atoms with Crippen LogP contribution in [-0.4, -0.2) is 30.4 Å². The predicted molar refractivity (Wildman–Crippen MR) is 93.0 cm³/mol. The molecule has 2 heterocycles. The van der Waals surface area contributed by atoms with E-state index in [9.17, 15) is 14.9 Å². The molecule has 0 spiro atoms. The number of benzene rings is 1. The van der Waals surface area contributed by atoms with E-state index in [2.05, 4.69) is 31.4 Å². The average molecular weight is 405 g/mol. The summed E-state index contributed by atoms with van der Waals surface area (Å²) in [6.07, 6.45) is 2.98. The van der Waals surface area contributed by atoms with Crippen LogP contribution in [0.25, 0.3) is 0 Å². The Kier molecular flexibility index (Phi) is 4.89. The third-order valence-electron chi connectivity index (χ3n) is 3.32. The van der Waals surface area contributed by atoms with Crippen molar-refractivity contribution in [3.05, 3.63) is 68.9 Å². The summed E-state index contributed by atoms with van der Waals surface area (Å²) in [4.78, 5) is 22.1. The number of nitrogens with one attached hydrogen (secondary N) is 1. The van der Waals surface area contributed by atoms with Gasteiger partial charge in [-0.05, 0) is 22.6 Å². The van der Waals surface area contributed by atoms with Gasteiger partial charge in [0.05, 0.1) is 30.1 Å². The number of carbonyl (C=O) groups is 1. The zero-order valence-corrected chi connectivity index (χ0v) is 14.5. The average Bonchev–Trinajstić information content (AvgIpc) is 3.17. The Balaban J connectivity index is 1.65. The minimum atomic E-state index is -0.610. The van der Waals surface area contributed by atoms with E-state index >= 15 is 0 Å². The predicted octanol–water partition coefficient (Wildman–Crippen LogP) is 2.44. The van der Waals surface area contributed by atoms with E-state index in [0.29, 0.717) is 12.4 Å². The smallest absolute Gasteiger partial charge is 0.358 e. The lowest BCUT2D eigenvalue weighted by atomic mass is 10.2. The molecular weight excluding hydrogens is 392 g/mol. The van der Waals surface area contributed by atoms with Gasteiger partial charge in [-0.25, -0.2) is 4.68 Å². The van der Waals surface area contributed by atoms with Gasteiger partial charge in [-0.2, -0.15) is 9.78 Å². The minimum absolute atomic E-state index is 0.129. The van der Waals surface area contributed by atoms with Crippen molar-refractivity contribution in [1.82, 2.24) is 19.6 Å². The highest BCUT2D eigenvalue weighted by Gasteiger charge is 2.14. The molecule has 0 bridgehead atoms. The standard InChI is InChI=1S/C15H13BrN6O3/c16-12-3-1-2-11(8-12)9-21-13(4-6-17-21)18-15(23)10-20-7-5-14(19-20)22(24)25/h1-8H,9-10H2,(H,18,23). The van der Waals surface area contributed by atoms with Crippen LogP contribution in [0.15, 0.2) is 53.3 Å². The van der Waals surface area contributed by atoms with Crippen molar-refractivity contribution in [2.45, 2.75) is 13.1 Å². The first kappa shape index (κ1) is 16.8. The molecule has 0 aliphatic carbocycles. The highest BCUT2D eigenvalue weighted by molar-refractivity contribution is 9.10. The Morgan fingerprint density at radius 3 is 2.88 bits per heavy atom. The second kappa shape index (κ2) is 7.26. The second-order valence-electron chi connectivity index (χ2n) is 5.18. The van der Waals surface area contributed by atoms with Crippen LogP contribution in [0, 0.1) is 10.1 Å². The SMILES string of the molecule is O=C(Cn1ccc([N+](=O)[O-])n1)Nc1ccnn1Cc1cccc(Br)c1. The number of carbonyl (C=O) groups excluding carboxylic acids is 1. The summed E-state index contributed by atoms with van der Waals surface area (Å²) in [6.45, 7) is 0.366. The molecule has 0 saturated heterocycles. The molecule has 3 rings (SSSR count). The van der Waals surface area contributed by atoms with Gasteiger partial charge in [0.25, 0.3) is 0 Å². The maximum Gasteiger partial charge on any atom is 0.389 e. The van der Waals surface area contributed by atoms with E-state index < -0.39 is 4.92 Å². The van der Waals surface area contributed by atoms with E-state index in [4.69, 9.17) is 0 Å². The van der Waals surface area contributed by atoms with Gasteiger partial charge < -0.3 is 15.4 Å². The molecule has 0 aliphatic heterocycles. The first-order valence-electron chi connectivity index (χ1n) is 7.25. The fourth-order valence-electron chi connectivity index (χ4n) is 2.24. The number of halogens is 1. The van der Waals surface area contributed by atoms with Crippen molar-refractivity contribution in [3.8, 4) is 0 Å². The highest BCUT2D eigenvalue weighted by atomic mass is 79.9. The monoisotopic (exact) mass is 404 g/mol. The van der Waals surface area contributed by atoms with Gasteiger partial charge in [0, 0.05) is 10.5 Å². The lowest BCUT2D eigenvalue weighted by Gasteiger charge is -2.09. The molecule has 128 valence electrons. The summed E-state index contributed by atoms with van der Waals surface area (Å²) < 4.78 is 3.83. The third-order valence-corrected chi connectivity index (χ3v) is 3.82. The van der Waals surface area contributed by atoms with Crippen molar-refractivity contribution < 1.29 is 9.72 Å². The van der Waals surface area contributed by atoms with Gasteiger partial charge in [0.1, 0.15) is 12.4 Å². The summed E-state index contributed by atoms with van der Waals surface area (Å²) in [5.74, 6) is -0.117. The largest absolute Gasteiger partial charge is 0.389 e. The highest BCUT2D eigenvalue weighted by Crippen LogP contribution is 2.15. The summed E-state index contributed by atoms with van der Waals surface area (Å²) in [6, 6.07) is 10.7. The van der Waals surface area contributed by atoms with Crippen LogP contribution in [0.3, 0.4) is 0 Å². The molecule has 1 aromatic carbocycles. The molecule has 1 amide bonds. The fourth-order valence-corrected chi connectivity index (χ4v) is 2.69. The lowest BCUT2D eigenvalue weighted by molar-refractivity contribution is -0.389. The summed E-state index contributed by atoms with van der Waals surface area (Å²) in [7, 11) is 0. The van der Waals surface area contributed by atoms with E-state index in [-0.39, 0.29) is 18.3 Å². The number of anilines is 1. The van der Waals surface area contributed by atoms with Crippen LogP contribution in [0.4, 0.5) is 11.6 Å². The van der Waals surface area contributed by atoms with Crippen LogP contribution in [0.5, 0.6) is 0 Å². The number of rotatable bonds is 6. The van der Waals surface area contributed by atoms with Gasteiger partial charge in [-0.3, -0.25) is 4.79 Å². The minimum Gasteiger partial charge on any atom is -0.358 e. The number of nitro groups is 1. The molecule has 25 heavy (non-hydrogen) atoms. The Bertz CT molecular complexity index is 919. The van der Waals surface area contributed by atoms with Crippen LogP contribution >= 0.6 is 15.9 Å². The molecule has 9 nitrogen and oxygen atoms in total. The lowest BCUT2D eigenvalue weighted by Crippen LogP contribution is -2.21. The Hall–Kier alpha value is -3.01. The van der Waals surface area contributed by atoms with E-state index in [1.165, 1.54) is 16.9 Å². The van der Waals surface area contributed by atoms with Crippen LogP contribution in [0.1, 0.15) is 5.56 Å². The van der Waals surface area contributed by atoms with Gasteiger partial charge in [-0.1, -0.05) is 28.1 Å². The second-order valence-corrected chi connectivity index (χ2v) is 6.10. The molecule has 0 radical (unpaired) electrons. The van der Waals surface area contributed by atoms with Gasteiger partial charge in [-0.15, -0.1) is 0 Å². The number of hydrogen-bond donors (Lipinski definition) is 1. The number of nitrogens with zero attached hydrogens (tertiary/aromatic N) is 5. The summed E-state index contributed by atoms with van der Waals surface area (Å²) in [5, 5.41) is 21.3. The van der Waals surface area contributed by atoms with Crippen molar-refractivity contribution in [2.75, 3.05) is 5.32 Å². The molecule has 0 saturated carbocycles. The van der Waals surface area contributed by atoms with Gasteiger partial charge in [0.15, 0.2) is 0 Å². The van der Waals surface area contributed by atoms with E-state index in [0.717, 1.165) is 10.0 Å². The Morgan fingerprint density at radius 1 is 1.32 bits per heavy atom. The van der Waals surface area contributed by atoms with Crippen molar-refractivity contribution in [3.63, 3.8) is 0 Å². The number of hydrogen-bond acceptors (Lipinski definition) is 5. The summed E-state index contributed by atoms with van der Waals surface area (Å²) in [5.41, 5.74) is 1.02. The van der Waals surface area contributed by atoms with Gasteiger partial charge >= 0.3 is 5.82 Å². The molecule has 10 heteroatoms. The van der Waals surface area contributed by atoms with Gasteiger partial charge in [0.2, 0.25) is 5.91 Å². The molecule has 0 fully saturated rings. The normalized spacial score (nSPS) is 10.6. The first-order chi connectivity index (χ1) is 12.0. The topological polar surface area (TPSA) is 108 Å². The van der Waals surface area contributed by atoms with Crippen molar-refractivity contribution >= 4 is 33.5 Å². The first-order valence-corrected chi connectivity index (χ1v) is 8.04. The van der Waals surface area contributed by atoms with Crippen molar-refractivity contribution in [1.29, 1.82) is 0 Å². The van der Waals surface area contributed by atoms with Crippen molar-refractivity contribution in [2.24, 2.45) is 0 Å². The molecule has 0 unspecified atom stereocenters. The van der Waals surface area contributed by atoms with Crippen LogP contribution in [0.2, 0.25) is 0 Å². The Morgan fingerprint density at radius 2 is 2.16 bits per heavy atom. The van der Waals surface area contributed by atoms with E-state index in [1.54, 1.807) is 16.9 Å².